The van der Waals surface area contributed by atoms with Crippen molar-refractivity contribution < 1.29 is 4.42 Å². The van der Waals surface area contributed by atoms with E-state index in [-0.39, 0.29) is 5.43 Å². The molecule has 110 valence electrons. The smallest absolute Gasteiger partial charge is 0.195 e. The van der Waals surface area contributed by atoms with E-state index in [4.69, 9.17) is 4.42 Å². The first-order valence-electron chi connectivity index (χ1n) is 7.18. The SMILES string of the molecule is C/C=c1/c(=O)c(C)c(-c2cccnc2)o/c1=C(/C)C(C)C. The zero-order chi connectivity index (χ0) is 15.6. The van der Waals surface area contributed by atoms with E-state index >= 15 is 0 Å². The van der Waals surface area contributed by atoms with Gasteiger partial charge in [0.05, 0.1) is 5.22 Å². The van der Waals surface area contributed by atoms with E-state index in [0.717, 1.165) is 11.1 Å². The Bertz CT molecular complexity index is 815. The molecule has 21 heavy (non-hydrogen) atoms. The van der Waals surface area contributed by atoms with Gasteiger partial charge in [0, 0.05) is 23.5 Å². The van der Waals surface area contributed by atoms with Crippen LogP contribution < -0.4 is 16.1 Å². The predicted molar refractivity (Wildman–Crippen MR) is 86.3 cm³/mol. The lowest BCUT2D eigenvalue weighted by atomic mass is 10.0. The average molecular weight is 283 g/mol. The third-order valence-corrected chi connectivity index (χ3v) is 3.81. The van der Waals surface area contributed by atoms with E-state index in [2.05, 4.69) is 18.8 Å². The molecule has 2 rings (SSSR count). The lowest BCUT2D eigenvalue weighted by Gasteiger charge is -2.09. The molecule has 0 radical (unpaired) electrons. The first kappa shape index (κ1) is 15.2. The largest absolute Gasteiger partial charge is 0.456 e. The van der Waals surface area contributed by atoms with Gasteiger partial charge in [-0.15, -0.1) is 0 Å². The van der Waals surface area contributed by atoms with E-state index in [1.807, 2.05) is 32.1 Å². The molecule has 0 atom stereocenters. The van der Waals surface area contributed by atoms with Crippen LogP contribution in [0.25, 0.3) is 23.0 Å². The molecule has 0 saturated carbocycles. The highest BCUT2D eigenvalue weighted by Crippen LogP contribution is 2.18. The summed E-state index contributed by atoms with van der Waals surface area (Å²) in [6.07, 6.45) is 5.25. The molecule has 0 spiro atoms. The number of hydrogen-bond donors (Lipinski definition) is 0. The molecule has 0 amide bonds. The van der Waals surface area contributed by atoms with E-state index in [1.54, 1.807) is 19.3 Å². The van der Waals surface area contributed by atoms with Crippen molar-refractivity contribution in [1.82, 2.24) is 4.98 Å². The topological polar surface area (TPSA) is 43.1 Å². The van der Waals surface area contributed by atoms with Crippen LogP contribution >= 0.6 is 0 Å². The second-order valence-electron chi connectivity index (χ2n) is 5.50. The Labute approximate surface area is 124 Å². The number of aromatic nitrogens is 1. The van der Waals surface area contributed by atoms with Gasteiger partial charge in [-0.1, -0.05) is 19.9 Å². The molecule has 0 bridgehead atoms. The van der Waals surface area contributed by atoms with Crippen molar-refractivity contribution in [3.63, 3.8) is 0 Å². The highest BCUT2D eigenvalue weighted by atomic mass is 16.3. The third kappa shape index (κ3) is 2.82. The Kier molecular flexibility index (Phi) is 4.41. The molecule has 0 aliphatic carbocycles. The van der Waals surface area contributed by atoms with Gasteiger partial charge in [0.25, 0.3) is 0 Å². The van der Waals surface area contributed by atoms with Crippen molar-refractivity contribution in [3.05, 3.63) is 50.9 Å². The number of hydrogen-bond acceptors (Lipinski definition) is 3. The van der Waals surface area contributed by atoms with Crippen LogP contribution in [0.3, 0.4) is 0 Å². The van der Waals surface area contributed by atoms with Crippen molar-refractivity contribution in [2.24, 2.45) is 5.92 Å². The Morgan fingerprint density at radius 1 is 1.38 bits per heavy atom. The molecule has 2 heterocycles. The maximum absolute atomic E-state index is 12.6. The summed E-state index contributed by atoms with van der Waals surface area (Å²) in [5.41, 5.74) is 3.23. The van der Waals surface area contributed by atoms with Crippen LogP contribution in [0.2, 0.25) is 0 Å². The zero-order valence-electron chi connectivity index (χ0n) is 13.2. The average Bonchev–Trinajstić information content (AvgIpc) is 2.49. The highest BCUT2D eigenvalue weighted by Gasteiger charge is 2.12. The Hall–Kier alpha value is -2.16. The van der Waals surface area contributed by atoms with Crippen molar-refractivity contribution in [2.45, 2.75) is 34.6 Å². The number of nitrogens with zero attached hydrogens (tertiary/aromatic N) is 1. The molecule has 3 heteroatoms. The predicted octanol–water partition coefficient (Wildman–Crippen LogP) is 2.64. The van der Waals surface area contributed by atoms with Crippen LogP contribution in [0, 0.1) is 12.8 Å². The lowest BCUT2D eigenvalue weighted by Crippen LogP contribution is -2.41. The van der Waals surface area contributed by atoms with Gasteiger partial charge < -0.3 is 4.42 Å². The fourth-order valence-corrected chi connectivity index (χ4v) is 2.23. The van der Waals surface area contributed by atoms with Crippen molar-refractivity contribution in [2.75, 3.05) is 0 Å². The van der Waals surface area contributed by atoms with E-state index in [1.165, 1.54) is 0 Å². The quantitative estimate of drug-likeness (QED) is 0.851. The molecule has 0 aromatic carbocycles. The van der Waals surface area contributed by atoms with Crippen LogP contribution in [0.15, 0.2) is 33.7 Å². The molecular formula is C18H21NO2. The molecule has 3 nitrogen and oxygen atoms in total. The highest BCUT2D eigenvalue weighted by molar-refractivity contribution is 5.60. The maximum atomic E-state index is 12.6. The minimum Gasteiger partial charge on any atom is -0.456 e. The summed E-state index contributed by atoms with van der Waals surface area (Å²) in [4.78, 5) is 16.7. The molecular weight excluding hydrogens is 262 g/mol. The van der Waals surface area contributed by atoms with E-state index in [0.29, 0.717) is 27.9 Å². The van der Waals surface area contributed by atoms with Crippen LogP contribution in [0.4, 0.5) is 0 Å². The fraction of sp³-hybridized carbons (Fsp3) is 0.333. The molecule has 0 unspecified atom stereocenters. The van der Waals surface area contributed by atoms with Crippen molar-refractivity contribution in [3.8, 4) is 11.3 Å². The van der Waals surface area contributed by atoms with Gasteiger partial charge in [0.1, 0.15) is 11.2 Å². The zero-order valence-corrected chi connectivity index (χ0v) is 13.2. The molecule has 0 fully saturated rings. The number of pyridine rings is 1. The van der Waals surface area contributed by atoms with Gasteiger partial charge in [0.2, 0.25) is 0 Å². The summed E-state index contributed by atoms with van der Waals surface area (Å²) in [7, 11) is 0. The van der Waals surface area contributed by atoms with Gasteiger partial charge in [0.15, 0.2) is 5.43 Å². The first-order chi connectivity index (χ1) is 9.97. The van der Waals surface area contributed by atoms with E-state index < -0.39 is 0 Å². The molecule has 2 aromatic rings. The summed E-state index contributed by atoms with van der Waals surface area (Å²) in [5, 5.41) is 0.645. The summed E-state index contributed by atoms with van der Waals surface area (Å²) >= 11 is 0. The summed E-state index contributed by atoms with van der Waals surface area (Å²) in [5.74, 6) is 0.921. The van der Waals surface area contributed by atoms with Gasteiger partial charge in [-0.05, 0) is 44.4 Å². The third-order valence-electron chi connectivity index (χ3n) is 3.81. The minimum atomic E-state index is 0.0256. The Morgan fingerprint density at radius 3 is 2.62 bits per heavy atom. The lowest BCUT2D eigenvalue weighted by molar-refractivity contribution is 0.510. The molecule has 0 saturated heterocycles. The maximum Gasteiger partial charge on any atom is 0.195 e. The Morgan fingerprint density at radius 2 is 2.10 bits per heavy atom. The second-order valence-corrected chi connectivity index (χ2v) is 5.50. The molecule has 0 aliphatic rings. The monoisotopic (exact) mass is 283 g/mol. The van der Waals surface area contributed by atoms with Crippen LogP contribution in [-0.2, 0) is 0 Å². The summed E-state index contributed by atoms with van der Waals surface area (Å²) in [6, 6.07) is 3.75. The van der Waals surface area contributed by atoms with Crippen LogP contribution in [0.5, 0.6) is 0 Å². The van der Waals surface area contributed by atoms with Crippen LogP contribution in [-0.4, -0.2) is 4.98 Å². The molecule has 2 aromatic heterocycles. The fourth-order valence-electron chi connectivity index (χ4n) is 2.23. The first-order valence-corrected chi connectivity index (χ1v) is 7.18. The molecule has 0 aliphatic heterocycles. The van der Waals surface area contributed by atoms with Crippen LogP contribution in [0.1, 0.15) is 33.3 Å². The van der Waals surface area contributed by atoms with Crippen molar-refractivity contribution in [1.29, 1.82) is 0 Å². The summed E-state index contributed by atoms with van der Waals surface area (Å²) < 4.78 is 6.11. The van der Waals surface area contributed by atoms with Gasteiger partial charge >= 0.3 is 0 Å². The standard InChI is InChI=1S/C18H21NO2/c1-6-15-16(20)13(5)17(14-8-7-9-19-10-14)21-18(15)12(4)11(2)3/h6-11H,1-5H3/b15-6-,18-12-. The second kappa shape index (κ2) is 6.08. The summed E-state index contributed by atoms with van der Waals surface area (Å²) in [6.45, 7) is 9.87. The van der Waals surface area contributed by atoms with Gasteiger partial charge in [-0.25, -0.2) is 0 Å². The molecule has 0 N–H and O–H groups in total. The van der Waals surface area contributed by atoms with E-state index in [9.17, 15) is 4.79 Å². The Balaban J connectivity index is 2.97. The van der Waals surface area contributed by atoms with Crippen molar-refractivity contribution >= 4 is 11.6 Å². The van der Waals surface area contributed by atoms with Gasteiger partial charge in [-0.3, -0.25) is 9.78 Å². The minimum absolute atomic E-state index is 0.0256. The normalized spacial score (nSPS) is 13.7. The van der Waals surface area contributed by atoms with Gasteiger partial charge in [-0.2, -0.15) is 0 Å². The number of rotatable bonds is 2.